The summed E-state index contributed by atoms with van der Waals surface area (Å²) in [5.74, 6) is 1.42. The first-order valence-corrected chi connectivity index (χ1v) is 3.11. The second-order valence-electron chi connectivity index (χ2n) is 2.61. The Kier molecular flexibility index (Phi) is 115. The Labute approximate surface area is 144 Å². The minimum absolute atomic E-state index is 0. The molecule has 0 atom stereocenters. The van der Waals surface area contributed by atoms with Crippen molar-refractivity contribution in [3.05, 3.63) is 12.0 Å². The molecule has 0 bridgehead atoms. The van der Waals surface area contributed by atoms with Crippen LogP contribution in [-0.2, 0) is 70.2 Å². The zero-order valence-corrected chi connectivity index (χ0v) is 14.2. The van der Waals surface area contributed by atoms with Crippen molar-refractivity contribution >= 4 is 0 Å². The van der Waals surface area contributed by atoms with Crippen LogP contribution in [0, 0.1) is 12.0 Å². The Hall–Kier alpha value is 2.17. The third-order valence-electron chi connectivity index (χ3n) is 0.408. The maximum atomic E-state index is 4.67. The average molecular weight is 356 g/mol. The molecule has 3 heteroatoms. The molecule has 88 valence electrons. The van der Waals surface area contributed by atoms with Gasteiger partial charge in [-0.25, -0.2) is 6.10 Å². The molecule has 0 saturated carbocycles. The second kappa shape index (κ2) is 36.2. The van der Waals surface area contributed by atoms with Crippen LogP contribution in [0.3, 0.4) is 0 Å². The summed E-state index contributed by atoms with van der Waals surface area (Å²) >= 11 is 0. The van der Waals surface area contributed by atoms with Gasteiger partial charge in [-0.1, -0.05) is 22.3 Å². The van der Waals surface area contributed by atoms with E-state index in [2.05, 4.69) is 25.5 Å². The minimum atomic E-state index is 0. The third-order valence-corrected chi connectivity index (χ3v) is 0.408. The number of rotatable bonds is 1. The largest absolute Gasteiger partial charge is 0.552 e. The summed E-state index contributed by atoms with van der Waals surface area (Å²) in [5.41, 5.74) is 0. The van der Waals surface area contributed by atoms with Crippen molar-refractivity contribution in [2.75, 3.05) is 7.11 Å². The van der Waals surface area contributed by atoms with E-state index in [-0.39, 0.29) is 87.7 Å². The van der Waals surface area contributed by atoms with Crippen LogP contribution in [0.4, 0.5) is 0 Å². The molecule has 0 N–H and O–H groups in total. The van der Waals surface area contributed by atoms with Crippen LogP contribution >= 0.6 is 0 Å². The molecule has 14 heavy (non-hydrogen) atoms. The van der Waals surface area contributed by atoms with E-state index < -0.39 is 0 Å². The van der Waals surface area contributed by atoms with Crippen molar-refractivity contribution in [1.29, 1.82) is 0 Å². The molecule has 0 fully saturated rings. The molecule has 0 aliphatic heterocycles. The zero-order chi connectivity index (χ0) is 7.86. The summed E-state index contributed by atoms with van der Waals surface area (Å²) < 4.78 is 4.67. The van der Waals surface area contributed by atoms with Crippen LogP contribution in [0.25, 0.3) is 0 Å². The Morgan fingerprint density at radius 3 is 0.786 bits per heavy atom. The molecule has 0 rings (SSSR count). The second-order valence-corrected chi connectivity index (χ2v) is 2.61. The van der Waals surface area contributed by atoms with Gasteiger partial charge in [0.05, 0.1) is 0 Å². The first-order valence-electron chi connectivity index (χ1n) is 3.11. The Balaban J connectivity index is -0.0000000104. The quantitative estimate of drug-likeness (QED) is 0.618. The molecular weight excluding hydrogens is 326 g/mol. The van der Waals surface area contributed by atoms with Crippen LogP contribution < -0.4 is 0 Å². The summed E-state index contributed by atoms with van der Waals surface area (Å²) in [5, 5.41) is 0. The Morgan fingerprint density at radius 2 is 0.786 bits per heavy atom. The summed E-state index contributed by atoms with van der Waals surface area (Å²) in [4.78, 5) is 0. The van der Waals surface area contributed by atoms with Crippen LogP contribution in [0.15, 0.2) is 0 Å². The summed E-state index contributed by atoms with van der Waals surface area (Å²) in [6, 6.07) is 0. The van der Waals surface area contributed by atoms with Crippen molar-refractivity contribution in [3.63, 3.8) is 0 Å². The normalized spacial score (nSPS) is 6.00. The van der Waals surface area contributed by atoms with Gasteiger partial charge in [-0.3, -0.25) is 0 Å². The zero-order valence-electron chi connectivity index (χ0n) is 8.56. The predicted molar refractivity (Wildman–Crippen MR) is 62.1 cm³/mol. The minimum Gasteiger partial charge on any atom is -0.552 e. The van der Waals surface area contributed by atoms with E-state index in [0.717, 1.165) is 6.10 Å². The molecule has 0 amide bonds. The summed E-state index contributed by atoms with van der Waals surface area (Å²) in [6.07, 6.45) is 1.00. The number of methoxy groups -OCH3 is 1. The maximum Gasteiger partial charge on any atom is 0 e. The summed E-state index contributed by atoms with van der Waals surface area (Å²) in [6.45, 7) is 10.1. The number of ether oxygens (including phenoxy) is 1. The summed E-state index contributed by atoms with van der Waals surface area (Å²) in [7, 11) is 1.66. The number of hydrogen-bond donors (Lipinski definition) is 0. The first kappa shape index (κ1) is 44.3. The van der Waals surface area contributed by atoms with Crippen LogP contribution in [0.5, 0.6) is 0 Å². The van der Waals surface area contributed by atoms with Crippen molar-refractivity contribution < 1.29 is 70.2 Å². The van der Waals surface area contributed by atoms with Gasteiger partial charge in [0.15, 0.2) is 0 Å². The molecule has 0 aliphatic rings. The van der Waals surface area contributed by atoms with Crippen molar-refractivity contribution in [2.24, 2.45) is 0 Å². The molecule has 0 heterocycles. The van der Waals surface area contributed by atoms with Gasteiger partial charge in [0.2, 0.25) is 0 Å². The van der Waals surface area contributed by atoms with Gasteiger partial charge in [-0.05, 0) is 7.11 Å². The van der Waals surface area contributed by atoms with Crippen molar-refractivity contribution in [2.45, 2.75) is 56.9 Å². The molecule has 0 saturated heterocycles. The van der Waals surface area contributed by atoms with E-state index in [1.807, 2.05) is 13.8 Å². The molecule has 0 spiro atoms. The molecule has 1 nitrogen and oxygen atoms in total. The molecule has 2 radical (unpaired) electrons. The molecule has 0 aliphatic carbocycles. The van der Waals surface area contributed by atoms with Gasteiger partial charge in [0.25, 0.3) is 0 Å². The van der Waals surface area contributed by atoms with Crippen molar-refractivity contribution in [1.82, 2.24) is 0 Å². The van der Waals surface area contributed by atoms with Gasteiger partial charge in [-0.15, -0.1) is 0 Å². The van der Waals surface area contributed by atoms with E-state index in [0.29, 0.717) is 0 Å². The SMILES string of the molecule is C.C.C.CO[C-](C)C.C[C-](C)C.[Y].[Y]. The Morgan fingerprint density at radius 1 is 0.714 bits per heavy atom. The monoisotopic (exact) mass is 356 g/mol. The molecule has 0 aromatic rings. The maximum absolute atomic E-state index is 4.67. The smallest absolute Gasteiger partial charge is 0 e. The fraction of sp³-hybridized carbons (Fsp3) is 0.818. The van der Waals surface area contributed by atoms with Crippen molar-refractivity contribution in [3.8, 4) is 0 Å². The van der Waals surface area contributed by atoms with Gasteiger partial charge >= 0.3 is 0 Å². The van der Waals surface area contributed by atoms with Gasteiger partial charge < -0.3 is 10.7 Å². The fourth-order valence-corrected chi connectivity index (χ4v) is 0. The molecule has 0 aromatic heterocycles. The van der Waals surface area contributed by atoms with E-state index in [9.17, 15) is 0 Å². The van der Waals surface area contributed by atoms with E-state index in [1.54, 1.807) is 7.11 Å². The van der Waals surface area contributed by atoms with Gasteiger partial charge in [0.1, 0.15) is 0 Å². The van der Waals surface area contributed by atoms with Crippen LogP contribution in [-0.4, -0.2) is 7.11 Å². The van der Waals surface area contributed by atoms with Crippen LogP contribution in [0.2, 0.25) is 0 Å². The topological polar surface area (TPSA) is 9.23 Å². The standard InChI is InChI=1S/C4H9O.C4H9.3CH4.2Y/c1-4(2)5-3;1-4(2)3;;;;;/h1-3H3;1-3H3;3*1H4;;/q2*-1;;;;;. The van der Waals surface area contributed by atoms with E-state index >= 15 is 0 Å². The van der Waals surface area contributed by atoms with Gasteiger partial charge in [0, 0.05) is 65.4 Å². The number of hydrogen-bond acceptors (Lipinski definition) is 1. The van der Waals surface area contributed by atoms with E-state index in [1.165, 1.54) is 5.92 Å². The third kappa shape index (κ3) is 141. The fourth-order valence-electron chi connectivity index (χ4n) is 0. The first-order chi connectivity index (χ1) is 4.00. The molecular formula is C11H30OY2-2. The Bertz CT molecular complexity index is 45.8. The van der Waals surface area contributed by atoms with Crippen LogP contribution in [0.1, 0.15) is 56.9 Å². The molecule has 0 unspecified atom stereocenters. The molecule has 0 aromatic carbocycles. The van der Waals surface area contributed by atoms with Gasteiger partial charge in [-0.2, -0.15) is 34.6 Å². The van der Waals surface area contributed by atoms with E-state index in [4.69, 9.17) is 0 Å². The average Bonchev–Trinajstić information content (AvgIpc) is 1.65. The predicted octanol–water partition coefficient (Wildman–Crippen LogP) is 4.73.